The van der Waals surface area contributed by atoms with E-state index >= 15 is 0 Å². The smallest absolute Gasteiger partial charge is 0.0512 e. The Labute approximate surface area is 108 Å². The van der Waals surface area contributed by atoms with Crippen LogP contribution < -0.4 is 5.32 Å². The molecular formula is C14H20ClNO. The van der Waals surface area contributed by atoms with Crippen molar-refractivity contribution in [1.82, 2.24) is 5.32 Å². The zero-order valence-electron chi connectivity index (χ0n) is 10.5. The van der Waals surface area contributed by atoms with Gasteiger partial charge in [-0.3, -0.25) is 0 Å². The summed E-state index contributed by atoms with van der Waals surface area (Å²) in [6.45, 7) is 3.89. The van der Waals surface area contributed by atoms with Crippen LogP contribution in [0.15, 0.2) is 18.2 Å². The van der Waals surface area contributed by atoms with Gasteiger partial charge in [0, 0.05) is 23.6 Å². The number of aryl methyl sites for hydroxylation is 1. The lowest BCUT2D eigenvalue weighted by Gasteiger charge is -2.31. The number of ether oxygens (including phenoxy) is 1. The molecule has 1 fully saturated rings. The Balaban J connectivity index is 2.24. The Morgan fingerprint density at radius 1 is 1.47 bits per heavy atom. The summed E-state index contributed by atoms with van der Waals surface area (Å²) in [4.78, 5) is 0. The molecule has 0 saturated carbocycles. The highest BCUT2D eigenvalue weighted by Gasteiger charge is 2.25. The molecule has 2 unspecified atom stereocenters. The van der Waals surface area contributed by atoms with Gasteiger partial charge in [-0.15, -0.1) is 0 Å². The number of benzene rings is 1. The van der Waals surface area contributed by atoms with Gasteiger partial charge >= 0.3 is 0 Å². The van der Waals surface area contributed by atoms with Crippen LogP contribution in [0.25, 0.3) is 0 Å². The number of halogens is 1. The van der Waals surface area contributed by atoms with E-state index in [4.69, 9.17) is 16.3 Å². The average Bonchev–Trinajstić information content (AvgIpc) is 2.36. The van der Waals surface area contributed by atoms with E-state index in [1.807, 2.05) is 13.1 Å². The molecule has 0 aliphatic carbocycles. The molecule has 1 aromatic carbocycles. The van der Waals surface area contributed by atoms with Crippen molar-refractivity contribution >= 4 is 11.6 Å². The lowest BCUT2D eigenvalue weighted by molar-refractivity contribution is 0.0401. The van der Waals surface area contributed by atoms with Crippen LogP contribution in [0, 0.1) is 12.8 Å². The Bertz CT molecular complexity index is 374. The summed E-state index contributed by atoms with van der Waals surface area (Å²) in [6.07, 6.45) is 2.37. The molecule has 0 bridgehead atoms. The quantitative estimate of drug-likeness (QED) is 0.892. The number of rotatable bonds is 3. The van der Waals surface area contributed by atoms with Gasteiger partial charge in [-0.1, -0.05) is 17.7 Å². The van der Waals surface area contributed by atoms with Crippen molar-refractivity contribution in [3.8, 4) is 0 Å². The minimum Gasteiger partial charge on any atom is -0.381 e. The van der Waals surface area contributed by atoms with Gasteiger partial charge in [-0.2, -0.15) is 0 Å². The van der Waals surface area contributed by atoms with Gasteiger partial charge in [0.25, 0.3) is 0 Å². The molecule has 0 spiro atoms. The third-order valence-electron chi connectivity index (χ3n) is 3.55. The molecule has 2 nitrogen and oxygen atoms in total. The van der Waals surface area contributed by atoms with E-state index < -0.39 is 0 Å². The summed E-state index contributed by atoms with van der Waals surface area (Å²) < 4.78 is 5.58. The lowest BCUT2D eigenvalue weighted by Crippen LogP contribution is -2.31. The van der Waals surface area contributed by atoms with Crippen molar-refractivity contribution in [3.05, 3.63) is 34.3 Å². The van der Waals surface area contributed by atoms with Crippen LogP contribution in [-0.2, 0) is 4.74 Å². The molecule has 1 aromatic rings. The van der Waals surface area contributed by atoms with E-state index in [1.165, 1.54) is 17.5 Å². The third-order valence-corrected chi connectivity index (χ3v) is 3.79. The van der Waals surface area contributed by atoms with Gasteiger partial charge in [0.05, 0.1) is 6.61 Å². The van der Waals surface area contributed by atoms with Crippen LogP contribution in [0.4, 0.5) is 0 Å². The first kappa shape index (κ1) is 12.9. The molecule has 0 aromatic heterocycles. The molecule has 1 N–H and O–H groups in total. The van der Waals surface area contributed by atoms with Crippen LogP contribution in [0.3, 0.4) is 0 Å². The SMILES string of the molecule is CNC(c1cc(Cl)ccc1C)C1CCCOC1. The second kappa shape index (κ2) is 5.85. The van der Waals surface area contributed by atoms with E-state index in [0.29, 0.717) is 12.0 Å². The fourth-order valence-electron chi connectivity index (χ4n) is 2.62. The second-order valence-corrected chi connectivity index (χ2v) is 5.18. The van der Waals surface area contributed by atoms with Crippen LogP contribution in [0.5, 0.6) is 0 Å². The number of nitrogens with one attached hydrogen (secondary N) is 1. The summed E-state index contributed by atoms with van der Waals surface area (Å²) >= 11 is 6.10. The van der Waals surface area contributed by atoms with Gasteiger partial charge in [-0.05, 0) is 50.1 Å². The van der Waals surface area contributed by atoms with Gasteiger partial charge in [0.15, 0.2) is 0 Å². The molecule has 1 saturated heterocycles. The van der Waals surface area contributed by atoms with Crippen LogP contribution in [-0.4, -0.2) is 20.3 Å². The van der Waals surface area contributed by atoms with Crippen LogP contribution in [0.2, 0.25) is 5.02 Å². The zero-order chi connectivity index (χ0) is 12.3. The Hall–Kier alpha value is -0.570. The topological polar surface area (TPSA) is 21.3 Å². The molecule has 2 atom stereocenters. The molecule has 1 aliphatic heterocycles. The van der Waals surface area contributed by atoms with E-state index in [-0.39, 0.29) is 0 Å². The van der Waals surface area contributed by atoms with Crippen LogP contribution >= 0.6 is 11.6 Å². The monoisotopic (exact) mass is 253 g/mol. The molecule has 0 radical (unpaired) electrons. The molecule has 2 rings (SSSR count). The van der Waals surface area contributed by atoms with Crippen molar-refractivity contribution in [1.29, 1.82) is 0 Å². The molecule has 1 aliphatic rings. The van der Waals surface area contributed by atoms with E-state index in [2.05, 4.69) is 24.4 Å². The highest BCUT2D eigenvalue weighted by molar-refractivity contribution is 6.30. The van der Waals surface area contributed by atoms with E-state index in [9.17, 15) is 0 Å². The fraction of sp³-hybridized carbons (Fsp3) is 0.571. The molecule has 0 amide bonds. The van der Waals surface area contributed by atoms with Crippen molar-refractivity contribution < 1.29 is 4.74 Å². The third kappa shape index (κ3) is 3.01. The molecule has 17 heavy (non-hydrogen) atoms. The standard InChI is InChI=1S/C14H20ClNO/c1-10-5-6-12(15)8-13(10)14(16-2)11-4-3-7-17-9-11/h5-6,8,11,14,16H,3-4,7,9H2,1-2H3. The van der Waals surface area contributed by atoms with Gasteiger partial charge < -0.3 is 10.1 Å². The largest absolute Gasteiger partial charge is 0.381 e. The van der Waals surface area contributed by atoms with Gasteiger partial charge in [0.2, 0.25) is 0 Å². The first-order valence-corrected chi connectivity index (χ1v) is 6.61. The normalized spacial score (nSPS) is 22.4. The Morgan fingerprint density at radius 3 is 2.94 bits per heavy atom. The molecule has 3 heteroatoms. The highest BCUT2D eigenvalue weighted by atomic mass is 35.5. The van der Waals surface area contributed by atoms with Crippen molar-refractivity contribution in [2.45, 2.75) is 25.8 Å². The van der Waals surface area contributed by atoms with Gasteiger partial charge in [0.1, 0.15) is 0 Å². The van der Waals surface area contributed by atoms with E-state index in [1.54, 1.807) is 0 Å². The first-order chi connectivity index (χ1) is 8.22. The predicted octanol–water partition coefficient (Wildman–Crippen LogP) is 3.34. The second-order valence-electron chi connectivity index (χ2n) is 4.74. The minimum atomic E-state index is 0.342. The summed E-state index contributed by atoms with van der Waals surface area (Å²) in [6, 6.07) is 6.46. The summed E-state index contributed by atoms with van der Waals surface area (Å²) in [5.41, 5.74) is 2.59. The fourth-order valence-corrected chi connectivity index (χ4v) is 2.80. The van der Waals surface area contributed by atoms with E-state index in [0.717, 1.165) is 24.7 Å². The summed E-state index contributed by atoms with van der Waals surface area (Å²) in [5, 5.41) is 4.23. The van der Waals surface area contributed by atoms with Gasteiger partial charge in [-0.25, -0.2) is 0 Å². The van der Waals surface area contributed by atoms with Crippen molar-refractivity contribution in [3.63, 3.8) is 0 Å². The molecular weight excluding hydrogens is 234 g/mol. The predicted molar refractivity (Wildman–Crippen MR) is 71.5 cm³/mol. The minimum absolute atomic E-state index is 0.342. The molecule has 94 valence electrons. The maximum absolute atomic E-state index is 6.10. The maximum Gasteiger partial charge on any atom is 0.0512 e. The Kier molecular flexibility index (Phi) is 4.43. The summed E-state index contributed by atoms with van der Waals surface area (Å²) in [7, 11) is 2.01. The lowest BCUT2D eigenvalue weighted by atomic mass is 9.87. The number of hydrogen-bond acceptors (Lipinski definition) is 2. The molecule has 1 heterocycles. The average molecular weight is 254 g/mol. The number of hydrogen-bond donors (Lipinski definition) is 1. The summed E-state index contributed by atoms with van der Waals surface area (Å²) in [5.74, 6) is 0.547. The maximum atomic E-state index is 6.10. The van der Waals surface area contributed by atoms with Crippen molar-refractivity contribution in [2.75, 3.05) is 20.3 Å². The Morgan fingerprint density at radius 2 is 2.29 bits per heavy atom. The highest BCUT2D eigenvalue weighted by Crippen LogP contribution is 2.31. The first-order valence-electron chi connectivity index (χ1n) is 6.23. The van der Waals surface area contributed by atoms with Crippen molar-refractivity contribution in [2.24, 2.45) is 5.92 Å². The van der Waals surface area contributed by atoms with Crippen LogP contribution in [0.1, 0.15) is 30.0 Å². The zero-order valence-corrected chi connectivity index (χ0v) is 11.3.